The summed E-state index contributed by atoms with van der Waals surface area (Å²) in [7, 11) is 3.45. The molecule has 4 rings (SSSR count). The van der Waals surface area contributed by atoms with E-state index < -0.39 is 5.82 Å². The Balaban J connectivity index is 1.90. The van der Waals surface area contributed by atoms with Gasteiger partial charge in [0.05, 0.1) is 19.0 Å². The normalized spacial score (nSPS) is 16.6. The number of ether oxygens (including phenoxy) is 1. The Morgan fingerprint density at radius 2 is 2.12 bits per heavy atom. The summed E-state index contributed by atoms with van der Waals surface area (Å²) in [5, 5.41) is 6.17. The molecule has 1 unspecified atom stereocenters. The van der Waals surface area contributed by atoms with Crippen LogP contribution in [0.15, 0.2) is 23.6 Å². The van der Waals surface area contributed by atoms with Gasteiger partial charge in [0.15, 0.2) is 5.65 Å². The smallest absolute Gasteiger partial charge is 0.318 e. The SMILES string of the molecule is COc1nc(C)c2nc(-c3cncc(F)c3)n(CC3C=NN(C)C3)c2n1. The lowest BCUT2D eigenvalue weighted by Crippen LogP contribution is -2.19. The average Bonchev–Trinajstić information content (AvgIpc) is 3.19. The van der Waals surface area contributed by atoms with Crippen molar-refractivity contribution in [1.29, 1.82) is 0 Å². The molecule has 0 aliphatic carbocycles. The molecular weight excluding hydrogens is 337 g/mol. The Labute approximate surface area is 149 Å². The summed E-state index contributed by atoms with van der Waals surface area (Å²) in [6.45, 7) is 3.25. The fourth-order valence-corrected chi connectivity index (χ4v) is 3.11. The minimum atomic E-state index is -0.413. The number of hydrogen-bond acceptors (Lipinski definition) is 7. The lowest BCUT2D eigenvalue weighted by atomic mass is 10.1. The molecule has 4 heterocycles. The van der Waals surface area contributed by atoms with E-state index in [9.17, 15) is 4.39 Å². The van der Waals surface area contributed by atoms with Gasteiger partial charge < -0.3 is 9.30 Å². The molecule has 0 fully saturated rings. The van der Waals surface area contributed by atoms with Crippen LogP contribution in [-0.4, -0.2) is 56.4 Å². The highest BCUT2D eigenvalue weighted by atomic mass is 19.1. The summed E-state index contributed by atoms with van der Waals surface area (Å²) >= 11 is 0. The fourth-order valence-electron chi connectivity index (χ4n) is 3.11. The molecule has 134 valence electrons. The van der Waals surface area contributed by atoms with Gasteiger partial charge in [-0.3, -0.25) is 9.99 Å². The number of pyridine rings is 1. The van der Waals surface area contributed by atoms with Crippen molar-refractivity contribution in [3.05, 3.63) is 30.0 Å². The van der Waals surface area contributed by atoms with Crippen molar-refractivity contribution in [1.82, 2.24) is 29.5 Å². The van der Waals surface area contributed by atoms with E-state index in [1.165, 1.54) is 19.4 Å². The lowest BCUT2D eigenvalue weighted by molar-refractivity contribution is 0.348. The molecule has 0 N–H and O–H groups in total. The maximum absolute atomic E-state index is 13.7. The number of aryl methyl sites for hydroxylation is 1. The standard InChI is InChI=1S/C17H18FN7O/c1-10-14-16(23-17(21-10)26-3)25(9-11-5-20-24(2)8-11)15(22-14)12-4-13(18)7-19-6-12/h4-7,11H,8-9H2,1-3H3. The van der Waals surface area contributed by atoms with Gasteiger partial charge in [-0.25, -0.2) is 9.37 Å². The number of rotatable bonds is 4. The number of methoxy groups -OCH3 is 1. The van der Waals surface area contributed by atoms with E-state index >= 15 is 0 Å². The summed E-state index contributed by atoms with van der Waals surface area (Å²) in [5.41, 5.74) is 2.60. The van der Waals surface area contributed by atoms with E-state index in [-0.39, 0.29) is 11.9 Å². The van der Waals surface area contributed by atoms with Gasteiger partial charge >= 0.3 is 6.01 Å². The van der Waals surface area contributed by atoms with Crippen molar-refractivity contribution in [2.24, 2.45) is 11.0 Å². The van der Waals surface area contributed by atoms with Crippen LogP contribution in [0.4, 0.5) is 4.39 Å². The van der Waals surface area contributed by atoms with E-state index in [1.54, 1.807) is 6.20 Å². The maximum atomic E-state index is 13.7. The van der Waals surface area contributed by atoms with E-state index in [0.29, 0.717) is 34.8 Å². The van der Waals surface area contributed by atoms with Crippen LogP contribution in [0.1, 0.15) is 5.69 Å². The molecule has 1 aliphatic rings. The Morgan fingerprint density at radius 3 is 2.81 bits per heavy atom. The fraction of sp³-hybridized carbons (Fsp3) is 0.353. The second kappa shape index (κ2) is 6.32. The van der Waals surface area contributed by atoms with Crippen molar-refractivity contribution >= 4 is 17.4 Å². The molecule has 0 radical (unpaired) electrons. The number of fused-ring (bicyclic) bond motifs is 1. The zero-order chi connectivity index (χ0) is 18.3. The molecular formula is C17H18FN7O. The Bertz CT molecular complexity index is 1000. The van der Waals surface area contributed by atoms with Crippen LogP contribution in [0.5, 0.6) is 6.01 Å². The van der Waals surface area contributed by atoms with E-state index in [2.05, 4.69) is 25.0 Å². The van der Waals surface area contributed by atoms with E-state index in [1.807, 2.05) is 29.8 Å². The highest BCUT2D eigenvalue weighted by molar-refractivity contribution is 5.79. The molecule has 0 saturated heterocycles. The third-order valence-electron chi connectivity index (χ3n) is 4.28. The van der Waals surface area contributed by atoms with Crippen LogP contribution in [0.3, 0.4) is 0 Å². The van der Waals surface area contributed by atoms with Crippen LogP contribution in [0.25, 0.3) is 22.6 Å². The number of halogens is 1. The predicted octanol–water partition coefficient (Wildman–Crippen LogP) is 1.89. The molecule has 1 atom stereocenters. The molecule has 3 aromatic rings. The first-order valence-corrected chi connectivity index (χ1v) is 8.20. The Kier molecular flexibility index (Phi) is 3.98. The number of nitrogens with zero attached hydrogens (tertiary/aromatic N) is 7. The van der Waals surface area contributed by atoms with Crippen LogP contribution in [-0.2, 0) is 6.54 Å². The molecule has 9 heteroatoms. The second-order valence-corrected chi connectivity index (χ2v) is 6.27. The van der Waals surface area contributed by atoms with Crippen molar-refractivity contribution < 1.29 is 9.13 Å². The van der Waals surface area contributed by atoms with Gasteiger partial charge in [0.2, 0.25) is 0 Å². The third kappa shape index (κ3) is 2.85. The third-order valence-corrected chi connectivity index (χ3v) is 4.28. The summed E-state index contributed by atoms with van der Waals surface area (Å²) < 4.78 is 20.9. The largest absolute Gasteiger partial charge is 0.467 e. The number of hydrazone groups is 1. The number of aromatic nitrogens is 5. The molecule has 8 nitrogen and oxygen atoms in total. The van der Waals surface area contributed by atoms with Gasteiger partial charge in [0, 0.05) is 44.0 Å². The van der Waals surface area contributed by atoms with Gasteiger partial charge in [0.25, 0.3) is 0 Å². The Morgan fingerprint density at radius 1 is 1.27 bits per heavy atom. The number of hydrogen-bond donors (Lipinski definition) is 0. The molecule has 26 heavy (non-hydrogen) atoms. The van der Waals surface area contributed by atoms with E-state index in [0.717, 1.165) is 6.54 Å². The second-order valence-electron chi connectivity index (χ2n) is 6.27. The predicted molar refractivity (Wildman–Crippen MR) is 94.4 cm³/mol. The van der Waals surface area contributed by atoms with E-state index in [4.69, 9.17) is 4.74 Å². The minimum absolute atomic E-state index is 0.193. The van der Waals surface area contributed by atoms with Gasteiger partial charge in [-0.2, -0.15) is 15.1 Å². The highest BCUT2D eigenvalue weighted by Crippen LogP contribution is 2.27. The summed E-state index contributed by atoms with van der Waals surface area (Å²) in [6.07, 6.45) is 4.67. The molecule has 0 amide bonds. The lowest BCUT2D eigenvalue weighted by Gasteiger charge is -2.14. The van der Waals surface area contributed by atoms with Crippen molar-refractivity contribution in [3.8, 4) is 17.4 Å². The topological polar surface area (TPSA) is 81.3 Å². The summed E-state index contributed by atoms with van der Waals surface area (Å²) in [4.78, 5) is 17.4. The monoisotopic (exact) mass is 355 g/mol. The summed E-state index contributed by atoms with van der Waals surface area (Å²) in [6, 6.07) is 1.69. The zero-order valence-electron chi connectivity index (χ0n) is 14.7. The van der Waals surface area contributed by atoms with Crippen LogP contribution in [0, 0.1) is 18.7 Å². The summed E-state index contributed by atoms with van der Waals surface area (Å²) in [5.74, 6) is 0.378. The average molecular weight is 355 g/mol. The number of imidazole rings is 1. The van der Waals surface area contributed by atoms with Crippen molar-refractivity contribution in [2.45, 2.75) is 13.5 Å². The first-order valence-electron chi connectivity index (χ1n) is 8.20. The van der Waals surface area contributed by atoms with Gasteiger partial charge in [-0.05, 0) is 13.0 Å². The first kappa shape index (κ1) is 16.4. The molecule has 0 saturated carbocycles. The minimum Gasteiger partial charge on any atom is -0.467 e. The van der Waals surface area contributed by atoms with Gasteiger partial charge in [-0.1, -0.05) is 0 Å². The first-order chi connectivity index (χ1) is 12.5. The molecule has 0 aromatic carbocycles. The van der Waals surface area contributed by atoms with Crippen LogP contribution < -0.4 is 4.74 Å². The molecule has 1 aliphatic heterocycles. The van der Waals surface area contributed by atoms with Crippen LogP contribution in [0.2, 0.25) is 0 Å². The highest BCUT2D eigenvalue weighted by Gasteiger charge is 2.22. The van der Waals surface area contributed by atoms with Crippen molar-refractivity contribution in [2.75, 3.05) is 20.7 Å². The molecule has 0 bridgehead atoms. The quantitative estimate of drug-likeness (QED) is 0.711. The van der Waals surface area contributed by atoms with Crippen molar-refractivity contribution in [3.63, 3.8) is 0 Å². The molecule has 3 aromatic heterocycles. The van der Waals surface area contributed by atoms with Gasteiger partial charge in [-0.15, -0.1) is 0 Å². The molecule has 0 spiro atoms. The van der Waals surface area contributed by atoms with Crippen LogP contribution >= 0.6 is 0 Å². The maximum Gasteiger partial charge on any atom is 0.318 e. The zero-order valence-corrected chi connectivity index (χ0v) is 14.7. The van der Waals surface area contributed by atoms with Gasteiger partial charge in [0.1, 0.15) is 17.2 Å². The Hall–Kier alpha value is -3.10.